The van der Waals surface area contributed by atoms with Crippen LogP contribution >= 0.6 is 12.2 Å². The lowest BCUT2D eigenvalue weighted by Crippen LogP contribution is -2.32. The molecule has 2 atom stereocenters. The van der Waals surface area contributed by atoms with Crippen molar-refractivity contribution < 1.29 is 4.79 Å². The number of pyridine rings is 2. The second kappa shape index (κ2) is 10.8. The van der Waals surface area contributed by atoms with Gasteiger partial charge in [0.15, 0.2) is 5.11 Å². The second-order valence-corrected chi connectivity index (χ2v) is 10.2. The van der Waals surface area contributed by atoms with Crippen LogP contribution in [0.1, 0.15) is 52.3 Å². The molecular formula is C30H32N6OS. The predicted molar refractivity (Wildman–Crippen MR) is 154 cm³/mol. The van der Waals surface area contributed by atoms with Crippen molar-refractivity contribution in [1.82, 2.24) is 24.8 Å². The number of carbonyl (C=O) groups is 1. The van der Waals surface area contributed by atoms with E-state index in [9.17, 15) is 4.79 Å². The van der Waals surface area contributed by atoms with E-state index >= 15 is 0 Å². The van der Waals surface area contributed by atoms with E-state index < -0.39 is 0 Å². The fourth-order valence-corrected chi connectivity index (χ4v) is 5.57. The number of aromatic nitrogens is 3. The number of amides is 1. The lowest BCUT2D eigenvalue weighted by Gasteiger charge is -2.28. The first-order valence-electron chi connectivity index (χ1n) is 12.8. The van der Waals surface area contributed by atoms with Gasteiger partial charge < -0.3 is 20.1 Å². The van der Waals surface area contributed by atoms with Crippen LogP contribution in [0.25, 0.3) is 5.82 Å². The molecule has 1 aliphatic rings. The third-order valence-corrected chi connectivity index (χ3v) is 7.35. The monoisotopic (exact) mass is 524 g/mol. The minimum absolute atomic E-state index is 0.0483. The van der Waals surface area contributed by atoms with Gasteiger partial charge in [0.25, 0.3) is 0 Å². The average molecular weight is 525 g/mol. The van der Waals surface area contributed by atoms with E-state index in [1.54, 1.807) is 6.20 Å². The van der Waals surface area contributed by atoms with Gasteiger partial charge in [0, 0.05) is 42.4 Å². The molecule has 1 saturated heterocycles. The van der Waals surface area contributed by atoms with E-state index in [-0.39, 0.29) is 18.0 Å². The fraction of sp³-hybridized carbons (Fsp3) is 0.267. The second-order valence-electron chi connectivity index (χ2n) is 9.84. The minimum atomic E-state index is -0.150. The maximum absolute atomic E-state index is 12.9. The van der Waals surface area contributed by atoms with Crippen LogP contribution in [0.5, 0.6) is 0 Å². The molecule has 4 aromatic rings. The molecule has 38 heavy (non-hydrogen) atoms. The highest BCUT2D eigenvalue weighted by Crippen LogP contribution is 2.41. The van der Waals surface area contributed by atoms with E-state index in [1.807, 2.05) is 61.7 Å². The van der Waals surface area contributed by atoms with Crippen LogP contribution in [-0.2, 0) is 4.79 Å². The SMILES string of the molecule is Cc1cccc(NC(=O)CCN2C(=S)N[C@@H](c3ccccn3)[C@@H]2c2cc(C)n(-c3cc(C)ccn3)c2C)c1. The summed E-state index contributed by atoms with van der Waals surface area (Å²) in [6, 6.07) is 19.7. The Morgan fingerprint density at radius 1 is 0.974 bits per heavy atom. The number of aryl methyl sites for hydroxylation is 3. The molecule has 7 nitrogen and oxygen atoms in total. The molecule has 4 heterocycles. The summed E-state index contributed by atoms with van der Waals surface area (Å²) < 4.78 is 2.18. The van der Waals surface area contributed by atoms with Gasteiger partial charge in [0.1, 0.15) is 5.82 Å². The Kier molecular flexibility index (Phi) is 7.24. The van der Waals surface area contributed by atoms with Crippen molar-refractivity contribution in [3.63, 3.8) is 0 Å². The van der Waals surface area contributed by atoms with Gasteiger partial charge in [-0.25, -0.2) is 4.98 Å². The maximum atomic E-state index is 12.9. The van der Waals surface area contributed by atoms with Gasteiger partial charge in [-0.3, -0.25) is 9.78 Å². The van der Waals surface area contributed by atoms with Crippen LogP contribution in [0.4, 0.5) is 5.69 Å². The minimum Gasteiger partial charge on any atom is -0.352 e. The van der Waals surface area contributed by atoms with Crippen LogP contribution in [0.15, 0.2) is 73.1 Å². The van der Waals surface area contributed by atoms with Crippen LogP contribution in [0, 0.1) is 27.7 Å². The molecule has 5 rings (SSSR count). The van der Waals surface area contributed by atoms with Gasteiger partial charge in [-0.05, 0) is 99.1 Å². The summed E-state index contributed by atoms with van der Waals surface area (Å²) in [5.74, 6) is 0.839. The van der Waals surface area contributed by atoms with E-state index in [4.69, 9.17) is 12.2 Å². The first-order valence-corrected chi connectivity index (χ1v) is 13.2. The number of thiocarbonyl (C=S) groups is 1. The molecule has 0 saturated carbocycles. The third-order valence-electron chi connectivity index (χ3n) is 7.00. The molecule has 194 valence electrons. The summed E-state index contributed by atoms with van der Waals surface area (Å²) in [5, 5.41) is 7.13. The normalized spacial score (nSPS) is 16.9. The van der Waals surface area contributed by atoms with E-state index in [1.165, 1.54) is 0 Å². The molecule has 0 spiro atoms. The Balaban J connectivity index is 1.47. The summed E-state index contributed by atoms with van der Waals surface area (Å²) >= 11 is 5.82. The molecule has 1 aromatic carbocycles. The molecule has 2 N–H and O–H groups in total. The van der Waals surface area contributed by atoms with Gasteiger partial charge in [0.2, 0.25) is 5.91 Å². The number of anilines is 1. The molecule has 1 aliphatic heterocycles. The standard InChI is InChI=1S/C30H32N6OS/c1-19-8-7-9-23(16-19)33-27(37)12-15-35-29(28(34-30(35)38)25-10-5-6-13-31-25)24-18-21(3)36(22(24)4)26-17-20(2)11-14-32-26/h5-11,13-14,16-18,28-29H,12,15H2,1-4H3,(H,33,37)(H,34,38)/t28-,29-/m0/s1. The van der Waals surface area contributed by atoms with Gasteiger partial charge in [-0.1, -0.05) is 18.2 Å². The van der Waals surface area contributed by atoms with E-state index in [2.05, 4.69) is 63.0 Å². The van der Waals surface area contributed by atoms with Crippen molar-refractivity contribution in [1.29, 1.82) is 0 Å². The summed E-state index contributed by atoms with van der Waals surface area (Å²) in [7, 11) is 0. The summed E-state index contributed by atoms with van der Waals surface area (Å²) in [5.41, 5.74) is 7.27. The quantitative estimate of drug-likeness (QED) is 0.311. The van der Waals surface area contributed by atoms with Crippen LogP contribution in [0.2, 0.25) is 0 Å². The van der Waals surface area contributed by atoms with Crippen molar-refractivity contribution >= 4 is 28.9 Å². The van der Waals surface area contributed by atoms with Crippen molar-refractivity contribution in [2.45, 2.75) is 46.2 Å². The molecule has 0 unspecified atom stereocenters. The van der Waals surface area contributed by atoms with Crippen LogP contribution < -0.4 is 10.6 Å². The zero-order valence-corrected chi connectivity index (χ0v) is 22.9. The highest BCUT2D eigenvalue weighted by atomic mass is 32.1. The molecule has 0 bridgehead atoms. The highest BCUT2D eigenvalue weighted by molar-refractivity contribution is 7.80. The first-order chi connectivity index (χ1) is 18.3. The maximum Gasteiger partial charge on any atom is 0.226 e. The van der Waals surface area contributed by atoms with Gasteiger partial charge in [0.05, 0.1) is 17.8 Å². The predicted octanol–water partition coefficient (Wildman–Crippen LogP) is 5.50. The number of rotatable bonds is 7. The summed E-state index contributed by atoms with van der Waals surface area (Å²) in [4.78, 5) is 24.3. The number of nitrogens with zero attached hydrogens (tertiary/aromatic N) is 4. The smallest absolute Gasteiger partial charge is 0.226 e. The summed E-state index contributed by atoms with van der Waals surface area (Å²) in [6.07, 6.45) is 3.94. The lowest BCUT2D eigenvalue weighted by molar-refractivity contribution is -0.116. The van der Waals surface area contributed by atoms with E-state index in [0.29, 0.717) is 18.1 Å². The summed E-state index contributed by atoms with van der Waals surface area (Å²) in [6.45, 7) is 8.77. The molecule has 0 radical (unpaired) electrons. The number of hydrogen-bond donors (Lipinski definition) is 2. The molecule has 1 amide bonds. The number of nitrogens with one attached hydrogen (secondary N) is 2. The van der Waals surface area contributed by atoms with Gasteiger partial charge in [-0.2, -0.15) is 0 Å². The van der Waals surface area contributed by atoms with Crippen LogP contribution in [0.3, 0.4) is 0 Å². The third kappa shape index (κ3) is 5.17. The number of hydrogen-bond acceptors (Lipinski definition) is 4. The Hall–Kier alpha value is -4.04. The molecule has 3 aromatic heterocycles. The van der Waals surface area contributed by atoms with Crippen molar-refractivity contribution in [3.05, 3.63) is 107 Å². The molecule has 8 heteroatoms. The van der Waals surface area contributed by atoms with Crippen molar-refractivity contribution in [3.8, 4) is 5.82 Å². The number of carbonyl (C=O) groups excluding carboxylic acids is 1. The Morgan fingerprint density at radius 2 is 1.79 bits per heavy atom. The fourth-order valence-electron chi connectivity index (χ4n) is 5.24. The number of benzene rings is 1. The zero-order valence-electron chi connectivity index (χ0n) is 22.1. The Bertz CT molecular complexity index is 1480. The Labute approximate surface area is 228 Å². The topological polar surface area (TPSA) is 75.1 Å². The molecule has 0 aliphatic carbocycles. The molecule has 1 fully saturated rings. The average Bonchev–Trinajstić information content (AvgIpc) is 3.37. The first kappa shape index (κ1) is 25.6. The van der Waals surface area contributed by atoms with E-state index in [0.717, 1.165) is 45.3 Å². The largest absolute Gasteiger partial charge is 0.352 e. The zero-order chi connectivity index (χ0) is 26.8. The van der Waals surface area contributed by atoms with Gasteiger partial charge in [-0.15, -0.1) is 0 Å². The van der Waals surface area contributed by atoms with Crippen molar-refractivity contribution in [2.75, 3.05) is 11.9 Å². The van der Waals surface area contributed by atoms with Crippen molar-refractivity contribution in [2.24, 2.45) is 0 Å². The molecular weight excluding hydrogens is 492 g/mol. The Morgan fingerprint density at radius 3 is 2.53 bits per heavy atom. The highest BCUT2D eigenvalue weighted by Gasteiger charge is 2.41. The van der Waals surface area contributed by atoms with Gasteiger partial charge >= 0.3 is 0 Å². The van der Waals surface area contributed by atoms with Crippen LogP contribution in [-0.4, -0.2) is 37.0 Å². The lowest BCUT2D eigenvalue weighted by atomic mass is 9.96.